The first kappa shape index (κ1) is 21.9. The number of amides is 3. The van der Waals surface area contributed by atoms with Crippen LogP contribution in [0.4, 0.5) is 25.0 Å². The molecule has 1 unspecified atom stereocenters. The number of pyridine rings is 1. The van der Waals surface area contributed by atoms with Crippen LogP contribution in [0, 0.1) is 18.6 Å². The molecule has 0 aliphatic rings. The molecule has 0 radical (unpaired) electrons. The number of nitrogens with zero attached hydrogens (tertiary/aromatic N) is 1. The minimum atomic E-state index is -0.963. The van der Waals surface area contributed by atoms with E-state index < -0.39 is 29.6 Å². The van der Waals surface area contributed by atoms with E-state index in [0.717, 1.165) is 17.2 Å². The van der Waals surface area contributed by atoms with Gasteiger partial charge in [-0.25, -0.2) is 13.6 Å². The molecule has 1 aromatic heterocycles. The van der Waals surface area contributed by atoms with Crippen molar-refractivity contribution < 1.29 is 18.4 Å². The fraction of sp³-hybridized carbons (Fsp3) is 0.174. The van der Waals surface area contributed by atoms with Crippen molar-refractivity contribution >= 4 is 23.3 Å². The Morgan fingerprint density at radius 1 is 0.968 bits per heavy atom. The molecule has 0 saturated carbocycles. The van der Waals surface area contributed by atoms with Crippen molar-refractivity contribution in [2.24, 2.45) is 0 Å². The van der Waals surface area contributed by atoms with E-state index in [9.17, 15) is 18.4 Å². The minimum Gasteiger partial charge on any atom is -0.329 e. The second kappa shape index (κ2) is 9.80. The number of halogens is 2. The molecule has 160 valence electrons. The van der Waals surface area contributed by atoms with Gasteiger partial charge in [0.15, 0.2) is 0 Å². The first-order valence-electron chi connectivity index (χ1n) is 9.62. The highest BCUT2D eigenvalue weighted by Crippen LogP contribution is 2.24. The standard InChI is InChI=1S/C23H22F2N4O2/c1-14-6-8-16(9-7-14)11-22(19-5-3-4-10-26-19)29-23(31)28-21-13-20(27-15(2)30)17(24)12-18(21)25/h3-10,12-13,22H,11H2,1-2H3,(H,27,30)(H2,28,29,31). The van der Waals surface area contributed by atoms with Crippen molar-refractivity contribution in [1.29, 1.82) is 0 Å². The van der Waals surface area contributed by atoms with Crippen molar-refractivity contribution in [3.05, 3.63) is 89.2 Å². The number of carbonyl (C=O) groups is 2. The number of urea groups is 1. The van der Waals surface area contributed by atoms with E-state index in [-0.39, 0.29) is 11.4 Å². The molecule has 3 aromatic rings. The molecule has 0 bridgehead atoms. The zero-order valence-electron chi connectivity index (χ0n) is 17.1. The number of carbonyl (C=O) groups excluding carboxylic acids is 2. The number of hydrogen-bond acceptors (Lipinski definition) is 3. The van der Waals surface area contributed by atoms with Crippen molar-refractivity contribution in [1.82, 2.24) is 10.3 Å². The van der Waals surface area contributed by atoms with Crippen LogP contribution >= 0.6 is 0 Å². The maximum atomic E-state index is 14.2. The highest BCUT2D eigenvalue weighted by atomic mass is 19.1. The Balaban J connectivity index is 1.79. The van der Waals surface area contributed by atoms with E-state index in [1.54, 1.807) is 18.3 Å². The molecule has 0 aliphatic heterocycles. The molecule has 0 spiro atoms. The summed E-state index contributed by atoms with van der Waals surface area (Å²) in [6, 6.07) is 13.7. The molecule has 0 aliphatic carbocycles. The van der Waals surface area contributed by atoms with Gasteiger partial charge in [-0.2, -0.15) is 0 Å². The van der Waals surface area contributed by atoms with E-state index in [1.165, 1.54) is 6.92 Å². The monoisotopic (exact) mass is 424 g/mol. The lowest BCUT2D eigenvalue weighted by atomic mass is 10.0. The maximum absolute atomic E-state index is 14.2. The summed E-state index contributed by atoms with van der Waals surface area (Å²) in [4.78, 5) is 28.1. The number of benzene rings is 2. The molecule has 31 heavy (non-hydrogen) atoms. The van der Waals surface area contributed by atoms with Gasteiger partial charge in [0.2, 0.25) is 5.91 Å². The predicted molar refractivity (Wildman–Crippen MR) is 115 cm³/mol. The Labute approximate surface area is 178 Å². The van der Waals surface area contributed by atoms with Gasteiger partial charge in [-0.05, 0) is 37.1 Å². The van der Waals surface area contributed by atoms with Gasteiger partial charge >= 0.3 is 6.03 Å². The van der Waals surface area contributed by atoms with Gasteiger partial charge in [0.25, 0.3) is 0 Å². The van der Waals surface area contributed by atoms with E-state index in [4.69, 9.17) is 0 Å². The van der Waals surface area contributed by atoms with E-state index in [0.29, 0.717) is 18.2 Å². The normalized spacial score (nSPS) is 11.5. The van der Waals surface area contributed by atoms with Crippen LogP contribution in [-0.2, 0) is 11.2 Å². The summed E-state index contributed by atoms with van der Waals surface area (Å²) >= 11 is 0. The minimum absolute atomic E-state index is 0.231. The molecule has 6 nitrogen and oxygen atoms in total. The maximum Gasteiger partial charge on any atom is 0.319 e. The van der Waals surface area contributed by atoms with Gasteiger partial charge in [-0.3, -0.25) is 9.78 Å². The van der Waals surface area contributed by atoms with Crippen LogP contribution in [0.3, 0.4) is 0 Å². The lowest BCUT2D eigenvalue weighted by Crippen LogP contribution is -2.34. The SMILES string of the molecule is CC(=O)Nc1cc(NC(=O)NC(Cc2ccc(C)cc2)c2ccccn2)c(F)cc1F. The first-order chi connectivity index (χ1) is 14.8. The Morgan fingerprint density at radius 3 is 2.26 bits per heavy atom. The molecular weight excluding hydrogens is 402 g/mol. The fourth-order valence-electron chi connectivity index (χ4n) is 3.02. The summed E-state index contributed by atoms with van der Waals surface area (Å²) in [5, 5.41) is 7.42. The van der Waals surface area contributed by atoms with Crippen LogP contribution < -0.4 is 16.0 Å². The van der Waals surface area contributed by atoms with Crippen molar-refractivity contribution in [2.75, 3.05) is 10.6 Å². The van der Waals surface area contributed by atoms with Gasteiger partial charge in [-0.1, -0.05) is 35.9 Å². The number of nitrogens with one attached hydrogen (secondary N) is 3. The highest BCUT2D eigenvalue weighted by Gasteiger charge is 2.19. The van der Waals surface area contributed by atoms with Crippen LogP contribution in [0.15, 0.2) is 60.8 Å². The third-order valence-electron chi connectivity index (χ3n) is 4.53. The van der Waals surface area contributed by atoms with Crippen LogP contribution in [-0.4, -0.2) is 16.9 Å². The number of anilines is 2. The summed E-state index contributed by atoms with van der Waals surface area (Å²) in [7, 11) is 0. The Hall–Kier alpha value is -3.81. The number of hydrogen-bond donors (Lipinski definition) is 3. The van der Waals surface area contributed by atoms with Crippen LogP contribution in [0.5, 0.6) is 0 Å². The lowest BCUT2D eigenvalue weighted by Gasteiger charge is -2.19. The highest BCUT2D eigenvalue weighted by molar-refractivity contribution is 5.93. The van der Waals surface area contributed by atoms with Gasteiger partial charge in [0.05, 0.1) is 23.1 Å². The van der Waals surface area contributed by atoms with Crippen LogP contribution in [0.2, 0.25) is 0 Å². The van der Waals surface area contributed by atoms with Crippen LogP contribution in [0.1, 0.15) is 29.8 Å². The van der Waals surface area contributed by atoms with Crippen molar-refractivity contribution in [3.8, 4) is 0 Å². The molecular formula is C23H22F2N4O2. The second-order valence-electron chi connectivity index (χ2n) is 7.09. The molecule has 3 N–H and O–H groups in total. The van der Waals surface area contributed by atoms with Crippen molar-refractivity contribution in [2.45, 2.75) is 26.3 Å². The van der Waals surface area contributed by atoms with Gasteiger partial charge in [0, 0.05) is 19.2 Å². The number of aromatic nitrogens is 1. The summed E-state index contributed by atoms with van der Waals surface area (Å²) < 4.78 is 28.0. The fourth-order valence-corrected chi connectivity index (χ4v) is 3.02. The molecule has 0 fully saturated rings. The average Bonchev–Trinajstić information content (AvgIpc) is 2.73. The van der Waals surface area contributed by atoms with E-state index in [2.05, 4.69) is 20.9 Å². The summed E-state index contributed by atoms with van der Waals surface area (Å²) in [6.07, 6.45) is 2.09. The zero-order valence-corrected chi connectivity index (χ0v) is 17.1. The molecule has 3 rings (SSSR count). The zero-order chi connectivity index (χ0) is 22.4. The first-order valence-corrected chi connectivity index (χ1v) is 9.62. The third-order valence-corrected chi connectivity index (χ3v) is 4.53. The smallest absolute Gasteiger partial charge is 0.319 e. The summed E-state index contributed by atoms with van der Waals surface area (Å²) in [5.41, 5.74) is 2.24. The van der Waals surface area contributed by atoms with Gasteiger partial charge in [0.1, 0.15) is 11.6 Å². The Morgan fingerprint density at radius 2 is 1.65 bits per heavy atom. The Bertz CT molecular complexity index is 1070. The quantitative estimate of drug-likeness (QED) is 0.535. The lowest BCUT2D eigenvalue weighted by molar-refractivity contribution is -0.114. The van der Waals surface area contributed by atoms with E-state index in [1.807, 2.05) is 37.3 Å². The molecule has 0 saturated heterocycles. The molecule has 3 amide bonds. The topological polar surface area (TPSA) is 83.1 Å². The second-order valence-corrected chi connectivity index (χ2v) is 7.09. The molecule has 2 aromatic carbocycles. The molecule has 1 atom stereocenters. The Kier molecular flexibility index (Phi) is 6.92. The summed E-state index contributed by atoms with van der Waals surface area (Å²) in [6.45, 7) is 3.18. The largest absolute Gasteiger partial charge is 0.329 e. The number of aryl methyl sites for hydroxylation is 1. The third kappa shape index (κ3) is 6.08. The average molecular weight is 424 g/mol. The van der Waals surface area contributed by atoms with Crippen molar-refractivity contribution in [3.63, 3.8) is 0 Å². The predicted octanol–water partition coefficient (Wildman–Crippen LogP) is 4.73. The number of rotatable bonds is 6. The molecule has 1 heterocycles. The summed E-state index contributed by atoms with van der Waals surface area (Å²) in [5.74, 6) is -2.42. The van der Waals surface area contributed by atoms with Gasteiger partial charge in [-0.15, -0.1) is 0 Å². The molecule has 8 heteroatoms. The van der Waals surface area contributed by atoms with Gasteiger partial charge < -0.3 is 16.0 Å². The van der Waals surface area contributed by atoms with E-state index >= 15 is 0 Å². The van der Waals surface area contributed by atoms with Crippen LogP contribution in [0.25, 0.3) is 0 Å².